The Hall–Kier alpha value is -1.13. The van der Waals surface area contributed by atoms with Crippen molar-refractivity contribution in [2.45, 2.75) is 45.3 Å². The highest BCUT2D eigenvalue weighted by atomic mass is 32.1. The number of hydrogen-bond acceptors (Lipinski definition) is 2. The Morgan fingerprint density at radius 1 is 1.37 bits per heavy atom. The van der Waals surface area contributed by atoms with Crippen molar-refractivity contribution in [1.82, 2.24) is 9.55 Å². The number of H-pyrrole nitrogens is 1. The van der Waals surface area contributed by atoms with Gasteiger partial charge in [0.1, 0.15) is 0 Å². The highest BCUT2D eigenvalue weighted by molar-refractivity contribution is 7.71. The molecule has 1 aliphatic carbocycles. The zero-order valence-electron chi connectivity index (χ0n) is 11.3. The quantitative estimate of drug-likeness (QED) is 0.856. The normalized spacial score (nSPS) is 16.5. The summed E-state index contributed by atoms with van der Waals surface area (Å²) >= 11 is 5.40. The Kier molecular flexibility index (Phi) is 3.71. The minimum Gasteiger partial charge on any atom is -0.376 e. The average Bonchev–Trinajstić information content (AvgIpc) is 2.98. The lowest BCUT2D eigenvalue weighted by molar-refractivity contribution is 0.0533. The molecule has 3 rings (SSSR count). The number of nitrogens with zero attached hydrogens (tertiary/aromatic N) is 1. The highest BCUT2D eigenvalue weighted by Gasteiger charge is 2.15. The second-order valence-electron chi connectivity index (χ2n) is 5.38. The maximum absolute atomic E-state index is 5.92. The van der Waals surface area contributed by atoms with Crippen LogP contribution in [-0.2, 0) is 11.3 Å². The smallest absolute Gasteiger partial charge is 0.178 e. The van der Waals surface area contributed by atoms with Gasteiger partial charge in [-0.2, -0.15) is 0 Å². The maximum Gasteiger partial charge on any atom is 0.178 e. The number of rotatable bonds is 4. The van der Waals surface area contributed by atoms with Gasteiger partial charge in [-0.3, -0.25) is 0 Å². The predicted molar refractivity (Wildman–Crippen MR) is 80.1 cm³/mol. The first-order chi connectivity index (χ1) is 9.24. The van der Waals surface area contributed by atoms with E-state index in [0.717, 1.165) is 23.4 Å². The number of benzene rings is 1. The third kappa shape index (κ3) is 2.74. The van der Waals surface area contributed by atoms with E-state index in [2.05, 4.69) is 34.7 Å². The topological polar surface area (TPSA) is 29.9 Å². The van der Waals surface area contributed by atoms with Crippen LogP contribution >= 0.6 is 12.2 Å². The fourth-order valence-electron chi connectivity index (χ4n) is 2.87. The van der Waals surface area contributed by atoms with Gasteiger partial charge in [0.25, 0.3) is 0 Å². The van der Waals surface area contributed by atoms with Crippen LogP contribution in [0.15, 0.2) is 18.2 Å². The fraction of sp³-hybridized carbons (Fsp3) is 0.533. The number of aromatic amines is 1. The van der Waals surface area contributed by atoms with E-state index in [-0.39, 0.29) is 0 Å². The average molecular weight is 276 g/mol. The van der Waals surface area contributed by atoms with Gasteiger partial charge in [0.05, 0.1) is 23.7 Å². The number of imidazole rings is 1. The highest BCUT2D eigenvalue weighted by Crippen LogP contribution is 2.21. The minimum absolute atomic E-state index is 0.474. The first kappa shape index (κ1) is 12.9. The summed E-state index contributed by atoms with van der Waals surface area (Å²) in [5, 5.41) is 0. The molecule has 0 spiro atoms. The van der Waals surface area contributed by atoms with Crippen LogP contribution in [0.25, 0.3) is 11.0 Å². The lowest BCUT2D eigenvalue weighted by Gasteiger charge is -2.11. The van der Waals surface area contributed by atoms with Crippen molar-refractivity contribution in [3.63, 3.8) is 0 Å². The first-order valence-electron chi connectivity index (χ1n) is 7.05. The first-order valence-corrected chi connectivity index (χ1v) is 7.45. The van der Waals surface area contributed by atoms with Gasteiger partial charge < -0.3 is 14.3 Å². The number of aromatic nitrogens is 2. The van der Waals surface area contributed by atoms with Gasteiger partial charge in [0, 0.05) is 6.54 Å². The molecule has 19 heavy (non-hydrogen) atoms. The summed E-state index contributed by atoms with van der Waals surface area (Å²) in [6.07, 6.45) is 5.55. The zero-order chi connectivity index (χ0) is 13.2. The Labute approximate surface area is 118 Å². The van der Waals surface area contributed by atoms with Gasteiger partial charge in [0.15, 0.2) is 4.77 Å². The molecule has 2 aromatic rings. The van der Waals surface area contributed by atoms with E-state index in [9.17, 15) is 0 Å². The molecular weight excluding hydrogens is 256 g/mol. The molecule has 1 aromatic carbocycles. The van der Waals surface area contributed by atoms with Gasteiger partial charge in [-0.25, -0.2) is 0 Å². The molecule has 1 heterocycles. The predicted octanol–water partition coefficient (Wildman–Crippen LogP) is 3.97. The molecule has 0 bridgehead atoms. The Morgan fingerprint density at radius 3 is 2.95 bits per heavy atom. The second-order valence-corrected chi connectivity index (χ2v) is 5.77. The summed E-state index contributed by atoms with van der Waals surface area (Å²) in [7, 11) is 0. The Bertz CT molecular complexity index is 623. The zero-order valence-corrected chi connectivity index (χ0v) is 12.1. The van der Waals surface area contributed by atoms with Crippen LogP contribution in [0.2, 0.25) is 0 Å². The molecule has 1 aliphatic rings. The Morgan fingerprint density at radius 2 is 2.16 bits per heavy atom. The van der Waals surface area contributed by atoms with Crippen molar-refractivity contribution in [1.29, 1.82) is 0 Å². The van der Waals surface area contributed by atoms with E-state index in [4.69, 9.17) is 17.0 Å². The molecule has 0 unspecified atom stereocenters. The van der Waals surface area contributed by atoms with Gasteiger partial charge in [-0.1, -0.05) is 18.9 Å². The standard InChI is InChI=1S/C15H20N2OS/c1-11-6-7-14-13(10-11)16-15(19)17(14)8-9-18-12-4-2-3-5-12/h6-7,10,12H,2-5,8-9H2,1H3,(H,16,19). The summed E-state index contributed by atoms with van der Waals surface area (Å²) < 4.78 is 8.85. The molecule has 4 heteroatoms. The van der Waals surface area contributed by atoms with E-state index in [1.165, 1.54) is 36.8 Å². The van der Waals surface area contributed by atoms with Crippen LogP contribution in [-0.4, -0.2) is 22.3 Å². The summed E-state index contributed by atoms with van der Waals surface area (Å²) in [6.45, 7) is 3.68. The van der Waals surface area contributed by atoms with E-state index >= 15 is 0 Å². The van der Waals surface area contributed by atoms with Gasteiger partial charge in [0.2, 0.25) is 0 Å². The van der Waals surface area contributed by atoms with E-state index < -0.39 is 0 Å². The van der Waals surface area contributed by atoms with Crippen molar-refractivity contribution in [3.8, 4) is 0 Å². The molecule has 0 saturated heterocycles. The van der Waals surface area contributed by atoms with Crippen molar-refractivity contribution in [2.24, 2.45) is 0 Å². The van der Waals surface area contributed by atoms with Crippen LogP contribution in [0.1, 0.15) is 31.2 Å². The van der Waals surface area contributed by atoms with Gasteiger partial charge >= 0.3 is 0 Å². The molecule has 3 nitrogen and oxygen atoms in total. The lowest BCUT2D eigenvalue weighted by atomic mass is 10.2. The number of nitrogens with one attached hydrogen (secondary N) is 1. The molecule has 1 aromatic heterocycles. The molecule has 0 aliphatic heterocycles. The molecule has 102 valence electrons. The lowest BCUT2D eigenvalue weighted by Crippen LogP contribution is -2.13. The molecule has 0 amide bonds. The summed E-state index contributed by atoms with van der Waals surface area (Å²) in [5.41, 5.74) is 3.54. The van der Waals surface area contributed by atoms with E-state index in [1.807, 2.05) is 0 Å². The molecule has 1 saturated carbocycles. The SMILES string of the molecule is Cc1ccc2c(c1)[nH]c(=S)n2CCOC1CCCC1. The van der Waals surface area contributed by atoms with Crippen molar-refractivity contribution in [2.75, 3.05) is 6.61 Å². The van der Waals surface area contributed by atoms with Crippen LogP contribution in [0.5, 0.6) is 0 Å². The minimum atomic E-state index is 0.474. The number of hydrogen-bond donors (Lipinski definition) is 1. The molecule has 0 radical (unpaired) electrons. The van der Waals surface area contributed by atoms with Crippen molar-refractivity contribution in [3.05, 3.63) is 28.5 Å². The fourth-order valence-corrected chi connectivity index (χ4v) is 3.16. The summed E-state index contributed by atoms with van der Waals surface area (Å²) in [4.78, 5) is 3.27. The van der Waals surface area contributed by atoms with Gasteiger partial charge in [-0.15, -0.1) is 0 Å². The molecule has 0 atom stereocenters. The van der Waals surface area contributed by atoms with Crippen LogP contribution in [0.4, 0.5) is 0 Å². The van der Waals surface area contributed by atoms with Crippen LogP contribution in [0.3, 0.4) is 0 Å². The largest absolute Gasteiger partial charge is 0.376 e. The number of fused-ring (bicyclic) bond motifs is 1. The number of ether oxygens (including phenoxy) is 1. The molecule has 1 fully saturated rings. The second kappa shape index (κ2) is 5.47. The summed E-state index contributed by atoms with van der Waals surface area (Å²) in [5.74, 6) is 0. The van der Waals surface area contributed by atoms with Crippen molar-refractivity contribution < 1.29 is 4.74 Å². The van der Waals surface area contributed by atoms with Crippen LogP contribution < -0.4 is 0 Å². The maximum atomic E-state index is 5.92. The van der Waals surface area contributed by atoms with Gasteiger partial charge in [-0.05, 0) is 49.7 Å². The third-order valence-corrected chi connectivity index (χ3v) is 4.22. The van der Waals surface area contributed by atoms with Crippen molar-refractivity contribution >= 4 is 23.3 Å². The third-order valence-electron chi connectivity index (χ3n) is 3.90. The molecule has 1 N–H and O–H groups in total. The monoisotopic (exact) mass is 276 g/mol. The number of aryl methyl sites for hydroxylation is 1. The summed E-state index contributed by atoms with van der Waals surface area (Å²) in [6, 6.07) is 6.39. The van der Waals surface area contributed by atoms with E-state index in [1.54, 1.807) is 0 Å². The van der Waals surface area contributed by atoms with E-state index in [0.29, 0.717) is 6.10 Å². The Balaban J connectivity index is 1.73. The molecular formula is C15H20N2OS. The van der Waals surface area contributed by atoms with Crippen LogP contribution in [0, 0.1) is 11.7 Å².